The van der Waals surface area contributed by atoms with Crippen LogP contribution in [0.15, 0.2) is 23.1 Å². The van der Waals surface area contributed by atoms with E-state index in [4.69, 9.17) is 11.6 Å². The zero-order valence-electron chi connectivity index (χ0n) is 11.7. The zero-order valence-corrected chi connectivity index (χ0v) is 13.2. The third kappa shape index (κ3) is 3.95. The summed E-state index contributed by atoms with van der Waals surface area (Å²) in [6.07, 6.45) is 4.03. The molecule has 20 heavy (non-hydrogen) atoms. The minimum absolute atomic E-state index is 0.0696. The molecule has 0 unspecified atom stereocenters. The molecule has 1 aliphatic carbocycles. The second-order valence-corrected chi connectivity index (χ2v) is 7.26. The van der Waals surface area contributed by atoms with Crippen LogP contribution in [0.4, 0.5) is 0 Å². The number of sulfonamides is 1. The molecular formula is C14H21ClN2O2S. The fourth-order valence-corrected chi connectivity index (χ4v) is 4.07. The number of hydrogen-bond donors (Lipinski definition) is 2. The van der Waals surface area contributed by atoms with E-state index in [9.17, 15) is 8.42 Å². The van der Waals surface area contributed by atoms with Crippen LogP contribution in [0.2, 0.25) is 5.02 Å². The molecule has 6 heteroatoms. The first kappa shape index (κ1) is 15.8. The lowest BCUT2D eigenvalue weighted by Gasteiger charge is -2.13. The predicted octanol–water partition coefficient (Wildman–Crippen LogP) is 2.67. The molecule has 0 amide bonds. The molecule has 0 saturated heterocycles. The normalized spacial score (nSPS) is 16.7. The van der Waals surface area contributed by atoms with Gasteiger partial charge in [-0.15, -0.1) is 0 Å². The number of halogens is 1. The quantitative estimate of drug-likeness (QED) is 0.848. The van der Waals surface area contributed by atoms with E-state index in [1.54, 1.807) is 12.1 Å². The summed E-state index contributed by atoms with van der Waals surface area (Å²) in [6, 6.07) is 5.00. The molecule has 2 rings (SSSR count). The summed E-state index contributed by atoms with van der Waals surface area (Å²) < 4.78 is 27.3. The molecule has 0 spiro atoms. The number of hydrogen-bond acceptors (Lipinski definition) is 3. The highest BCUT2D eigenvalue weighted by atomic mass is 35.5. The minimum atomic E-state index is -3.46. The van der Waals surface area contributed by atoms with Crippen molar-refractivity contribution in [2.24, 2.45) is 0 Å². The average molecular weight is 317 g/mol. The molecule has 4 nitrogen and oxygen atoms in total. The molecule has 112 valence electrons. The van der Waals surface area contributed by atoms with Crippen molar-refractivity contribution in [3.63, 3.8) is 0 Å². The van der Waals surface area contributed by atoms with Crippen LogP contribution in [0.1, 0.15) is 38.2 Å². The molecule has 1 aromatic carbocycles. The Morgan fingerprint density at radius 1 is 1.30 bits per heavy atom. The van der Waals surface area contributed by atoms with Crippen LogP contribution in [0, 0.1) is 0 Å². The Balaban J connectivity index is 2.13. The van der Waals surface area contributed by atoms with Crippen molar-refractivity contribution in [3.8, 4) is 0 Å². The fraction of sp³-hybridized carbons (Fsp3) is 0.571. The van der Waals surface area contributed by atoms with Crippen molar-refractivity contribution in [2.75, 3.05) is 6.54 Å². The lowest BCUT2D eigenvalue weighted by atomic mass is 10.2. The van der Waals surface area contributed by atoms with E-state index in [0.29, 0.717) is 11.6 Å². The van der Waals surface area contributed by atoms with Gasteiger partial charge in [-0.1, -0.05) is 37.4 Å². The van der Waals surface area contributed by atoms with Gasteiger partial charge >= 0.3 is 0 Å². The Kier molecular flexibility index (Phi) is 5.43. The van der Waals surface area contributed by atoms with Crippen LogP contribution in [0.3, 0.4) is 0 Å². The standard InChI is InChI=1S/C14H21ClN2O2S/c1-2-16-10-11-7-8-13(9-14(11)15)20(18,19)17-12-5-3-4-6-12/h7-9,12,16-17H,2-6,10H2,1H3. The molecule has 1 aromatic rings. The maximum absolute atomic E-state index is 12.3. The lowest BCUT2D eigenvalue weighted by molar-refractivity contribution is 0.552. The predicted molar refractivity (Wildman–Crippen MR) is 81.4 cm³/mol. The second-order valence-electron chi connectivity index (χ2n) is 5.14. The largest absolute Gasteiger partial charge is 0.313 e. The van der Waals surface area contributed by atoms with Gasteiger partial charge in [0.05, 0.1) is 4.90 Å². The molecule has 0 heterocycles. The maximum atomic E-state index is 12.3. The topological polar surface area (TPSA) is 58.2 Å². The number of rotatable bonds is 6. The number of benzene rings is 1. The van der Waals surface area contributed by atoms with Crippen molar-refractivity contribution >= 4 is 21.6 Å². The van der Waals surface area contributed by atoms with Gasteiger partial charge in [-0.05, 0) is 37.1 Å². The van der Waals surface area contributed by atoms with Gasteiger partial charge in [0, 0.05) is 17.6 Å². The van der Waals surface area contributed by atoms with Gasteiger partial charge in [-0.25, -0.2) is 13.1 Å². The molecule has 0 atom stereocenters. The van der Waals surface area contributed by atoms with Crippen molar-refractivity contribution in [2.45, 2.75) is 50.1 Å². The van der Waals surface area contributed by atoms with Gasteiger partial charge in [0.2, 0.25) is 10.0 Å². The molecule has 0 bridgehead atoms. The molecule has 1 fully saturated rings. The Morgan fingerprint density at radius 2 is 2.00 bits per heavy atom. The first-order valence-corrected chi connectivity index (χ1v) is 8.90. The highest BCUT2D eigenvalue weighted by Gasteiger charge is 2.23. The lowest BCUT2D eigenvalue weighted by Crippen LogP contribution is -2.32. The van der Waals surface area contributed by atoms with E-state index in [2.05, 4.69) is 10.0 Å². The Hall–Kier alpha value is -0.620. The van der Waals surface area contributed by atoms with E-state index in [1.807, 2.05) is 6.92 Å². The second kappa shape index (κ2) is 6.89. The number of nitrogens with one attached hydrogen (secondary N) is 2. The fourth-order valence-electron chi connectivity index (χ4n) is 2.43. The summed E-state index contributed by atoms with van der Waals surface area (Å²) in [6.45, 7) is 3.50. The van der Waals surface area contributed by atoms with Crippen molar-refractivity contribution in [1.82, 2.24) is 10.0 Å². The maximum Gasteiger partial charge on any atom is 0.240 e. The van der Waals surface area contributed by atoms with E-state index < -0.39 is 10.0 Å². The first-order valence-electron chi connectivity index (χ1n) is 7.04. The van der Waals surface area contributed by atoms with Crippen LogP contribution < -0.4 is 10.0 Å². The van der Waals surface area contributed by atoms with Gasteiger partial charge in [0.25, 0.3) is 0 Å². The summed E-state index contributed by atoms with van der Waals surface area (Å²) >= 11 is 6.16. The van der Waals surface area contributed by atoms with Crippen molar-refractivity contribution in [1.29, 1.82) is 0 Å². The summed E-state index contributed by atoms with van der Waals surface area (Å²) in [5.41, 5.74) is 0.910. The summed E-state index contributed by atoms with van der Waals surface area (Å²) in [4.78, 5) is 0.245. The van der Waals surface area contributed by atoms with Gasteiger partial charge in [0.15, 0.2) is 0 Å². The average Bonchev–Trinajstić information content (AvgIpc) is 2.89. The molecule has 2 N–H and O–H groups in total. The van der Waals surface area contributed by atoms with Crippen molar-refractivity contribution in [3.05, 3.63) is 28.8 Å². The first-order chi connectivity index (χ1) is 9.53. The molecule has 1 saturated carbocycles. The molecule has 0 radical (unpaired) electrons. The third-order valence-corrected chi connectivity index (χ3v) is 5.45. The summed E-state index contributed by atoms with van der Waals surface area (Å²) in [5.74, 6) is 0. The van der Waals surface area contributed by atoms with Crippen LogP contribution in [0.25, 0.3) is 0 Å². The van der Waals surface area contributed by atoms with Gasteiger partial charge in [0.1, 0.15) is 0 Å². The van der Waals surface area contributed by atoms with E-state index in [1.165, 1.54) is 6.07 Å². The Morgan fingerprint density at radius 3 is 2.60 bits per heavy atom. The molecule has 0 aliphatic heterocycles. The van der Waals surface area contributed by atoms with Crippen LogP contribution >= 0.6 is 11.6 Å². The highest BCUT2D eigenvalue weighted by molar-refractivity contribution is 7.89. The van der Waals surface area contributed by atoms with Crippen molar-refractivity contribution < 1.29 is 8.42 Å². The molecule has 0 aromatic heterocycles. The smallest absolute Gasteiger partial charge is 0.240 e. The van der Waals surface area contributed by atoms with E-state index in [0.717, 1.165) is 37.8 Å². The van der Waals surface area contributed by atoms with E-state index >= 15 is 0 Å². The molecular weight excluding hydrogens is 296 g/mol. The Bertz CT molecular complexity index is 554. The minimum Gasteiger partial charge on any atom is -0.313 e. The summed E-state index contributed by atoms with van der Waals surface area (Å²) in [5, 5.41) is 3.66. The van der Waals surface area contributed by atoms with E-state index in [-0.39, 0.29) is 10.9 Å². The Labute approximate surface area is 126 Å². The van der Waals surface area contributed by atoms with Gasteiger partial charge in [-0.2, -0.15) is 0 Å². The van der Waals surface area contributed by atoms with Gasteiger partial charge < -0.3 is 5.32 Å². The SMILES string of the molecule is CCNCc1ccc(S(=O)(=O)NC2CCCC2)cc1Cl. The third-order valence-electron chi connectivity index (χ3n) is 3.58. The molecule has 1 aliphatic rings. The monoisotopic (exact) mass is 316 g/mol. The van der Waals surface area contributed by atoms with Crippen LogP contribution in [-0.4, -0.2) is 21.0 Å². The highest BCUT2D eigenvalue weighted by Crippen LogP contribution is 2.23. The van der Waals surface area contributed by atoms with Crippen LogP contribution in [0.5, 0.6) is 0 Å². The summed E-state index contributed by atoms with van der Waals surface area (Å²) in [7, 11) is -3.46. The van der Waals surface area contributed by atoms with Crippen LogP contribution in [-0.2, 0) is 16.6 Å². The van der Waals surface area contributed by atoms with Gasteiger partial charge in [-0.3, -0.25) is 0 Å². The zero-order chi connectivity index (χ0) is 14.6.